The first-order chi connectivity index (χ1) is 11.7. The molecule has 0 radical (unpaired) electrons. The normalized spacial score (nSPS) is 12.8. The first-order valence-electron chi connectivity index (χ1n) is 8.84. The Morgan fingerprint density at radius 1 is 1.20 bits per heavy atom. The van der Waals surface area contributed by atoms with Gasteiger partial charge in [-0.25, -0.2) is 0 Å². The maximum absolute atomic E-state index is 10.3. The average Bonchev–Trinajstić information content (AvgIpc) is 2.84. The highest BCUT2D eigenvalue weighted by Gasteiger charge is 2.15. The van der Waals surface area contributed by atoms with Gasteiger partial charge in [-0.05, 0) is 50.1 Å². The van der Waals surface area contributed by atoms with Crippen LogP contribution < -0.4 is 4.74 Å². The maximum atomic E-state index is 10.3. The van der Waals surface area contributed by atoms with E-state index in [4.69, 9.17) is 4.74 Å². The maximum Gasteiger partial charge on any atom is 0.119 e. The van der Waals surface area contributed by atoms with Gasteiger partial charge < -0.3 is 9.84 Å². The van der Waals surface area contributed by atoms with E-state index in [2.05, 4.69) is 36.1 Å². The zero-order valence-electron chi connectivity index (χ0n) is 16.3. The van der Waals surface area contributed by atoms with E-state index in [0.717, 1.165) is 18.0 Å². The van der Waals surface area contributed by atoms with Crippen LogP contribution in [-0.2, 0) is 13.6 Å². The van der Waals surface area contributed by atoms with Crippen LogP contribution in [0.4, 0.5) is 0 Å². The third kappa shape index (κ3) is 5.87. The summed E-state index contributed by atoms with van der Waals surface area (Å²) in [6.45, 7) is 10.0. The minimum absolute atomic E-state index is 0.289. The molecule has 0 aliphatic heterocycles. The van der Waals surface area contributed by atoms with Crippen molar-refractivity contribution in [2.75, 3.05) is 20.2 Å². The third-order valence-electron chi connectivity index (χ3n) is 4.08. The van der Waals surface area contributed by atoms with Crippen LogP contribution in [0.2, 0.25) is 0 Å². The largest absolute Gasteiger partial charge is 0.491 e. The number of rotatable bonds is 8. The van der Waals surface area contributed by atoms with Crippen molar-refractivity contribution in [3.63, 3.8) is 0 Å². The van der Waals surface area contributed by atoms with Crippen molar-refractivity contribution in [1.82, 2.24) is 14.7 Å². The monoisotopic (exact) mass is 345 g/mol. The Morgan fingerprint density at radius 3 is 2.44 bits per heavy atom. The SMILES string of the molecule is Cc1cc(C)cc(OCC(O)CN(C)Cc2cn(C)nc2C(C)C)c1. The molecule has 138 valence electrons. The van der Waals surface area contributed by atoms with Crippen LogP contribution in [-0.4, -0.2) is 46.1 Å². The Hall–Kier alpha value is -1.85. The number of aryl methyl sites for hydroxylation is 3. The van der Waals surface area contributed by atoms with Crippen LogP contribution in [0.3, 0.4) is 0 Å². The van der Waals surface area contributed by atoms with Crippen molar-refractivity contribution in [3.8, 4) is 5.75 Å². The molecule has 0 aliphatic rings. The fourth-order valence-corrected chi connectivity index (χ4v) is 3.14. The topological polar surface area (TPSA) is 50.5 Å². The van der Waals surface area contributed by atoms with Gasteiger partial charge in [0, 0.05) is 31.9 Å². The minimum atomic E-state index is -0.537. The lowest BCUT2D eigenvalue weighted by atomic mass is 10.1. The summed E-state index contributed by atoms with van der Waals surface area (Å²) >= 11 is 0. The fourth-order valence-electron chi connectivity index (χ4n) is 3.14. The van der Waals surface area contributed by atoms with Gasteiger partial charge in [-0.15, -0.1) is 0 Å². The summed E-state index contributed by atoms with van der Waals surface area (Å²) in [7, 11) is 3.96. The summed E-state index contributed by atoms with van der Waals surface area (Å²) < 4.78 is 7.61. The van der Waals surface area contributed by atoms with Crippen LogP contribution in [0.5, 0.6) is 5.75 Å². The number of aliphatic hydroxyl groups is 1. The molecule has 0 saturated heterocycles. The van der Waals surface area contributed by atoms with Crippen molar-refractivity contribution in [3.05, 3.63) is 46.8 Å². The zero-order valence-corrected chi connectivity index (χ0v) is 16.3. The van der Waals surface area contributed by atoms with Gasteiger partial charge in [-0.2, -0.15) is 5.10 Å². The summed E-state index contributed by atoms with van der Waals surface area (Å²) in [5, 5.41) is 14.8. The summed E-state index contributed by atoms with van der Waals surface area (Å²) in [6, 6.07) is 6.10. The molecule has 0 aliphatic carbocycles. The van der Waals surface area contributed by atoms with Gasteiger partial charge in [0.2, 0.25) is 0 Å². The molecule has 0 bridgehead atoms. The molecule has 1 unspecified atom stereocenters. The highest BCUT2D eigenvalue weighted by molar-refractivity contribution is 5.33. The molecular weight excluding hydrogens is 314 g/mol. The molecule has 1 N–H and O–H groups in total. The van der Waals surface area contributed by atoms with Crippen LogP contribution in [0, 0.1) is 13.8 Å². The Kier molecular flexibility index (Phi) is 6.62. The molecule has 2 rings (SSSR count). The summed E-state index contributed by atoms with van der Waals surface area (Å²) in [4.78, 5) is 2.11. The van der Waals surface area contributed by atoms with Crippen LogP contribution >= 0.6 is 0 Å². The molecule has 0 spiro atoms. The Bertz CT molecular complexity index is 674. The molecule has 25 heavy (non-hydrogen) atoms. The van der Waals surface area contributed by atoms with E-state index in [1.807, 2.05) is 44.8 Å². The summed E-state index contributed by atoms with van der Waals surface area (Å²) in [5.41, 5.74) is 4.66. The minimum Gasteiger partial charge on any atom is -0.491 e. The van der Waals surface area contributed by atoms with Crippen LogP contribution in [0.25, 0.3) is 0 Å². The third-order valence-corrected chi connectivity index (χ3v) is 4.08. The van der Waals surface area contributed by atoms with Gasteiger partial charge in [0.1, 0.15) is 18.5 Å². The number of hydrogen-bond donors (Lipinski definition) is 1. The predicted molar refractivity (Wildman–Crippen MR) is 101 cm³/mol. The standard InChI is InChI=1S/C20H31N3O2/c1-14(2)20-17(11-23(6)21-20)10-22(5)12-18(24)13-25-19-8-15(3)7-16(4)9-19/h7-9,11,14,18,24H,10,12-13H2,1-6H3. The second-order valence-electron chi connectivity index (χ2n) is 7.35. The Balaban J connectivity index is 1.86. The predicted octanol–water partition coefficient (Wildman–Crippen LogP) is 3.03. The lowest BCUT2D eigenvalue weighted by Crippen LogP contribution is -2.33. The quantitative estimate of drug-likeness (QED) is 0.799. The lowest BCUT2D eigenvalue weighted by molar-refractivity contribution is 0.0742. The van der Waals surface area contributed by atoms with E-state index in [-0.39, 0.29) is 6.61 Å². The van der Waals surface area contributed by atoms with E-state index in [9.17, 15) is 5.11 Å². The average molecular weight is 345 g/mol. The first-order valence-corrected chi connectivity index (χ1v) is 8.84. The summed E-state index contributed by atoms with van der Waals surface area (Å²) in [6.07, 6.45) is 1.52. The molecule has 1 heterocycles. The van der Waals surface area contributed by atoms with Crippen LogP contribution in [0.1, 0.15) is 42.1 Å². The molecule has 5 heteroatoms. The van der Waals surface area contributed by atoms with Gasteiger partial charge in [0.25, 0.3) is 0 Å². The highest BCUT2D eigenvalue weighted by atomic mass is 16.5. The number of benzene rings is 1. The van der Waals surface area contributed by atoms with Crippen molar-refractivity contribution in [2.24, 2.45) is 7.05 Å². The van der Waals surface area contributed by atoms with E-state index < -0.39 is 6.10 Å². The first kappa shape index (κ1) is 19.5. The second kappa shape index (κ2) is 8.50. The van der Waals surface area contributed by atoms with Crippen molar-refractivity contribution in [2.45, 2.75) is 46.3 Å². The number of nitrogens with zero attached hydrogens (tertiary/aromatic N) is 3. The van der Waals surface area contributed by atoms with Crippen molar-refractivity contribution in [1.29, 1.82) is 0 Å². The van der Waals surface area contributed by atoms with Gasteiger partial charge in [0.15, 0.2) is 0 Å². The van der Waals surface area contributed by atoms with E-state index in [1.165, 1.54) is 16.7 Å². The fraction of sp³-hybridized carbons (Fsp3) is 0.550. The molecular formula is C20H31N3O2. The smallest absolute Gasteiger partial charge is 0.119 e. The molecule has 0 saturated carbocycles. The number of hydrogen-bond acceptors (Lipinski definition) is 4. The van der Waals surface area contributed by atoms with E-state index in [1.54, 1.807) is 0 Å². The van der Waals surface area contributed by atoms with Gasteiger partial charge in [-0.3, -0.25) is 9.58 Å². The van der Waals surface area contributed by atoms with Gasteiger partial charge in [0.05, 0.1) is 5.69 Å². The molecule has 0 amide bonds. The molecule has 1 aromatic carbocycles. The zero-order chi connectivity index (χ0) is 18.6. The number of aliphatic hydroxyl groups excluding tert-OH is 1. The van der Waals surface area contributed by atoms with Gasteiger partial charge in [-0.1, -0.05) is 19.9 Å². The second-order valence-corrected chi connectivity index (χ2v) is 7.35. The summed E-state index contributed by atoms with van der Waals surface area (Å²) in [5.74, 6) is 1.20. The molecule has 1 aromatic heterocycles. The highest BCUT2D eigenvalue weighted by Crippen LogP contribution is 2.19. The van der Waals surface area contributed by atoms with Crippen molar-refractivity contribution < 1.29 is 9.84 Å². The molecule has 0 fully saturated rings. The molecule has 5 nitrogen and oxygen atoms in total. The lowest BCUT2D eigenvalue weighted by Gasteiger charge is -2.21. The van der Waals surface area contributed by atoms with Crippen LogP contribution in [0.15, 0.2) is 24.4 Å². The Morgan fingerprint density at radius 2 is 1.84 bits per heavy atom. The number of likely N-dealkylation sites (N-methyl/N-ethyl adjacent to an activating group) is 1. The Labute approximate surface area is 151 Å². The molecule has 1 atom stereocenters. The number of aromatic nitrogens is 2. The van der Waals surface area contributed by atoms with E-state index >= 15 is 0 Å². The number of ether oxygens (including phenoxy) is 1. The van der Waals surface area contributed by atoms with Crippen molar-refractivity contribution >= 4 is 0 Å². The van der Waals surface area contributed by atoms with Gasteiger partial charge >= 0.3 is 0 Å². The van der Waals surface area contributed by atoms with E-state index in [0.29, 0.717) is 12.5 Å². The molecule has 2 aromatic rings.